The summed E-state index contributed by atoms with van der Waals surface area (Å²) in [7, 11) is 0. The summed E-state index contributed by atoms with van der Waals surface area (Å²) in [6.45, 7) is 12.7. The van der Waals surface area contributed by atoms with Gasteiger partial charge in [-0.25, -0.2) is 0 Å². The van der Waals surface area contributed by atoms with Crippen LogP contribution in [0, 0.1) is 5.41 Å². The topological polar surface area (TPSA) is 29.3 Å². The van der Waals surface area contributed by atoms with Crippen molar-refractivity contribution in [3.8, 4) is 0 Å². The van der Waals surface area contributed by atoms with Crippen LogP contribution in [-0.4, -0.2) is 30.1 Å². The van der Waals surface area contributed by atoms with Crippen LogP contribution in [0.4, 0.5) is 0 Å². The molecule has 0 unspecified atom stereocenters. The van der Waals surface area contributed by atoms with Gasteiger partial charge in [0.1, 0.15) is 0 Å². The van der Waals surface area contributed by atoms with Gasteiger partial charge in [0.2, 0.25) is 0 Å². The average Bonchev–Trinajstić information content (AvgIpc) is 2.39. The van der Waals surface area contributed by atoms with Gasteiger partial charge in [-0.1, -0.05) is 47.0 Å². The number of nitrogens with two attached hydrogens (primary N) is 1. The van der Waals surface area contributed by atoms with Crippen LogP contribution in [0.5, 0.6) is 0 Å². The molecule has 1 aliphatic heterocycles. The molecule has 0 aromatic carbocycles. The van der Waals surface area contributed by atoms with Crippen LogP contribution in [0.3, 0.4) is 0 Å². The van der Waals surface area contributed by atoms with Crippen LogP contribution in [-0.2, 0) is 0 Å². The fourth-order valence-electron chi connectivity index (χ4n) is 3.58. The van der Waals surface area contributed by atoms with Gasteiger partial charge >= 0.3 is 0 Å². The van der Waals surface area contributed by atoms with Crippen molar-refractivity contribution in [3.63, 3.8) is 0 Å². The van der Waals surface area contributed by atoms with Gasteiger partial charge in [0.15, 0.2) is 0 Å². The van der Waals surface area contributed by atoms with E-state index >= 15 is 0 Å². The zero-order chi connectivity index (χ0) is 13.6. The van der Waals surface area contributed by atoms with E-state index in [1.165, 1.54) is 58.0 Å². The summed E-state index contributed by atoms with van der Waals surface area (Å²) in [4.78, 5) is 2.72. The van der Waals surface area contributed by atoms with Gasteiger partial charge in [0.05, 0.1) is 0 Å². The fourth-order valence-corrected chi connectivity index (χ4v) is 3.58. The lowest BCUT2D eigenvalue weighted by Crippen LogP contribution is -2.57. The van der Waals surface area contributed by atoms with Crippen LogP contribution in [0.1, 0.15) is 72.6 Å². The number of piperidine rings is 1. The van der Waals surface area contributed by atoms with Crippen molar-refractivity contribution < 1.29 is 0 Å². The Balaban J connectivity index is 2.70. The molecule has 1 saturated heterocycles. The first-order valence-corrected chi connectivity index (χ1v) is 8.01. The first kappa shape index (κ1) is 16.0. The molecule has 0 spiro atoms. The SMILES string of the molecule is CCCC(CN)(CCC)N1CCC(C)(CC)CC1. The number of hydrogen-bond acceptors (Lipinski definition) is 2. The van der Waals surface area contributed by atoms with Crippen molar-refractivity contribution in [3.05, 3.63) is 0 Å². The Morgan fingerprint density at radius 3 is 1.89 bits per heavy atom. The van der Waals surface area contributed by atoms with E-state index in [0.717, 1.165) is 6.54 Å². The lowest BCUT2D eigenvalue weighted by atomic mass is 9.75. The Bertz CT molecular complexity index is 223. The van der Waals surface area contributed by atoms with Gasteiger partial charge in [-0.2, -0.15) is 0 Å². The van der Waals surface area contributed by atoms with Crippen LogP contribution < -0.4 is 5.73 Å². The van der Waals surface area contributed by atoms with Crippen molar-refractivity contribution >= 4 is 0 Å². The minimum atomic E-state index is 0.290. The molecule has 2 N–H and O–H groups in total. The number of rotatable bonds is 7. The van der Waals surface area contributed by atoms with E-state index in [1.54, 1.807) is 0 Å². The molecule has 0 amide bonds. The average molecular weight is 254 g/mol. The van der Waals surface area contributed by atoms with E-state index in [-0.39, 0.29) is 0 Å². The molecule has 0 aliphatic carbocycles. The zero-order valence-electron chi connectivity index (χ0n) is 13.1. The lowest BCUT2D eigenvalue weighted by molar-refractivity contribution is 0.0137. The molecule has 0 bridgehead atoms. The zero-order valence-corrected chi connectivity index (χ0v) is 13.1. The molecule has 0 aromatic rings. The van der Waals surface area contributed by atoms with Crippen LogP contribution >= 0.6 is 0 Å². The van der Waals surface area contributed by atoms with Crippen LogP contribution in [0.25, 0.3) is 0 Å². The minimum absolute atomic E-state index is 0.290. The van der Waals surface area contributed by atoms with Gasteiger partial charge in [-0.05, 0) is 44.2 Å². The maximum absolute atomic E-state index is 6.17. The molecule has 108 valence electrons. The number of likely N-dealkylation sites (tertiary alicyclic amines) is 1. The first-order valence-electron chi connectivity index (χ1n) is 8.01. The van der Waals surface area contributed by atoms with E-state index in [9.17, 15) is 0 Å². The molecule has 2 nitrogen and oxygen atoms in total. The fraction of sp³-hybridized carbons (Fsp3) is 1.00. The standard InChI is InChI=1S/C16H34N2/c1-5-8-16(14-17,9-6-2)18-12-10-15(4,7-3)11-13-18/h5-14,17H2,1-4H3. The molecule has 0 saturated carbocycles. The summed E-state index contributed by atoms with van der Waals surface area (Å²) in [6.07, 6.45) is 9.03. The highest BCUT2D eigenvalue weighted by Gasteiger charge is 2.38. The molecule has 0 aromatic heterocycles. The maximum atomic E-state index is 6.17. The molecule has 1 rings (SSSR count). The third kappa shape index (κ3) is 3.48. The minimum Gasteiger partial charge on any atom is -0.329 e. The smallest absolute Gasteiger partial charge is 0.0331 e. The highest BCUT2D eigenvalue weighted by atomic mass is 15.2. The third-order valence-corrected chi connectivity index (χ3v) is 5.31. The number of hydrogen-bond donors (Lipinski definition) is 1. The third-order valence-electron chi connectivity index (χ3n) is 5.31. The molecule has 1 heterocycles. The van der Waals surface area contributed by atoms with E-state index in [2.05, 4.69) is 32.6 Å². The van der Waals surface area contributed by atoms with Gasteiger partial charge < -0.3 is 5.73 Å². The quantitative estimate of drug-likeness (QED) is 0.749. The van der Waals surface area contributed by atoms with E-state index < -0.39 is 0 Å². The van der Waals surface area contributed by atoms with Gasteiger partial charge in [0, 0.05) is 12.1 Å². The molecular weight excluding hydrogens is 220 g/mol. The maximum Gasteiger partial charge on any atom is 0.0331 e. The molecule has 0 radical (unpaired) electrons. The molecule has 1 aliphatic rings. The first-order chi connectivity index (χ1) is 8.55. The van der Waals surface area contributed by atoms with Crippen LogP contribution in [0.2, 0.25) is 0 Å². The van der Waals surface area contributed by atoms with E-state index in [4.69, 9.17) is 5.73 Å². The van der Waals surface area contributed by atoms with Gasteiger partial charge in [-0.15, -0.1) is 0 Å². The highest BCUT2D eigenvalue weighted by Crippen LogP contribution is 2.38. The van der Waals surface area contributed by atoms with E-state index in [1.807, 2.05) is 0 Å². The van der Waals surface area contributed by atoms with Crippen molar-refractivity contribution in [1.29, 1.82) is 0 Å². The molecule has 18 heavy (non-hydrogen) atoms. The largest absolute Gasteiger partial charge is 0.329 e. The Morgan fingerprint density at radius 2 is 1.56 bits per heavy atom. The van der Waals surface area contributed by atoms with Gasteiger partial charge in [0.25, 0.3) is 0 Å². The summed E-state index contributed by atoms with van der Waals surface area (Å²) in [5, 5.41) is 0. The summed E-state index contributed by atoms with van der Waals surface area (Å²) in [6, 6.07) is 0. The molecule has 2 heteroatoms. The second-order valence-corrected chi connectivity index (χ2v) is 6.58. The summed E-state index contributed by atoms with van der Waals surface area (Å²) in [5.74, 6) is 0. The van der Waals surface area contributed by atoms with Crippen LogP contribution in [0.15, 0.2) is 0 Å². The second kappa shape index (κ2) is 6.91. The summed E-state index contributed by atoms with van der Waals surface area (Å²) < 4.78 is 0. The monoisotopic (exact) mass is 254 g/mol. The van der Waals surface area contributed by atoms with Gasteiger partial charge in [-0.3, -0.25) is 4.90 Å². The molecule has 0 atom stereocenters. The predicted molar refractivity (Wildman–Crippen MR) is 80.8 cm³/mol. The number of nitrogens with zero attached hydrogens (tertiary/aromatic N) is 1. The lowest BCUT2D eigenvalue weighted by Gasteiger charge is -2.49. The summed E-state index contributed by atoms with van der Waals surface area (Å²) >= 11 is 0. The second-order valence-electron chi connectivity index (χ2n) is 6.58. The van der Waals surface area contributed by atoms with Crippen molar-refractivity contribution in [1.82, 2.24) is 4.90 Å². The Labute approximate surface area is 114 Å². The summed E-state index contributed by atoms with van der Waals surface area (Å²) in [5.41, 5.74) is 7.04. The molecular formula is C16H34N2. The predicted octanol–water partition coefficient (Wildman–Crippen LogP) is 3.80. The highest BCUT2D eigenvalue weighted by molar-refractivity contribution is 4.95. The Hall–Kier alpha value is -0.0800. The Morgan fingerprint density at radius 1 is 1.06 bits per heavy atom. The Kier molecular flexibility index (Phi) is 6.13. The molecule has 1 fully saturated rings. The van der Waals surface area contributed by atoms with Crippen molar-refractivity contribution in [2.45, 2.75) is 78.2 Å². The van der Waals surface area contributed by atoms with Crippen molar-refractivity contribution in [2.75, 3.05) is 19.6 Å². The van der Waals surface area contributed by atoms with Crippen molar-refractivity contribution in [2.24, 2.45) is 11.1 Å². The normalized spacial score (nSPS) is 21.2. The van der Waals surface area contributed by atoms with E-state index in [0.29, 0.717) is 11.0 Å².